The fourth-order valence-corrected chi connectivity index (χ4v) is 2.71. The molecular formula is C12H12Cl2O3. The zero-order valence-electron chi connectivity index (χ0n) is 9.03. The van der Waals surface area contributed by atoms with Gasteiger partial charge in [-0.05, 0) is 25.0 Å². The number of carboxylic acids is 1. The van der Waals surface area contributed by atoms with Crippen LogP contribution in [0.4, 0.5) is 0 Å². The number of ether oxygens (including phenoxy) is 1. The van der Waals surface area contributed by atoms with Crippen molar-refractivity contribution in [2.75, 3.05) is 6.61 Å². The molecule has 0 radical (unpaired) electrons. The van der Waals surface area contributed by atoms with Crippen LogP contribution in [0, 0.1) is 5.92 Å². The van der Waals surface area contributed by atoms with E-state index in [1.54, 1.807) is 18.2 Å². The molecule has 0 aliphatic carbocycles. The first kappa shape index (κ1) is 12.7. The summed E-state index contributed by atoms with van der Waals surface area (Å²) in [4.78, 5) is 11.2. The lowest BCUT2D eigenvalue weighted by molar-refractivity contribution is -0.151. The second-order valence-electron chi connectivity index (χ2n) is 4.01. The first-order valence-electron chi connectivity index (χ1n) is 5.39. The van der Waals surface area contributed by atoms with Gasteiger partial charge in [-0.2, -0.15) is 0 Å². The van der Waals surface area contributed by atoms with Crippen molar-refractivity contribution in [3.63, 3.8) is 0 Å². The van der Waals surface area contributed by atoms with Crippen molar-refractivity contribution >= 4 is 29.2 Å². The predicted molar refractivity (Wildman–Crippen MR) is 65.5 cm³/mol. The average molecular weight is 275 g/mol. The van der Waals surface area contributed by atoms with Gasteiger partial charge in [-0.1, -0.05) is 29.3 Å². The maximum atomic E-state index is 11.2. The third-order valence-electron chi connectivity index (χ3n) is 2.92. The van der Waals surface area contributed by atoms with E-state index in [9.17, 15) is 9.90 Å². The highest BCUT2D eigenvalue weighted by Crippen LogP contribution is 2.40. The van der Waals surface area contributed by atoms with Crippen LogP contribution in [0.1, 0.15) is 24.5 Å². The topological polar surface area (TPSA) is 46.5 Å². The van der Waals surface area contributed by atoms with Crippen molar-refractivity contribution in [1.82, 2.24) is 0 Å². The van der Waals surface area contributed by atoms with Crippen molar-refractivity contribution in [3.05, 3.63) is 33.8 Å². The van der Waals surface area contributed by atoms with E-state index in [0.717, 1.165) is 6.42 Å². The van der Waals surface area contributed by atoms with E-state index in [1.807, 2.05) is 0 Å². The summed E-state index contributed by atoms with van der Waals surface area (Å²) in [5, 5.41) is 10.1. The minimum Gasteiger partial charge on any atom is -0.481 e. The summed E-state index contributed by atoms with van der Waals surface area (Å²) in [7, 11) is 0. The average Bonchev–Trinajstić information content (AvgIpc) is 2.29. The van der Waals surface area contributed by atoms with Crippen LogP contribution in [0.15, 0.2) is 18.2 Å². The van der Waals surface area contributed by atoms with E-state index in [-0.39, 0.29) is 0 Å². The summed E-state index contributed by atoms with van der Waals surface area (Å²) in [6, 6.07) is 5.12. The number of benzene rings is 1. The molecule has 0 spiro atoms. The molecule has 1 aliphatic rings. The SMILES string of the molecule is O=C(O)C1CCCOC1c1c(Cl)cccc1Cl. The van der Waals surface area contributed by atoms with E-state index >= 15 is 0 Å². The van der Waals surface area contributed by atoms with Crippen LogP contribution in [-0.4, -0.2) is 17.7 Å². The van der Waals surface area contributed by atoms with E-state index < -0.39 is 18.0 Å². The molecule has 0 saturated carbocycles. The molecule has 1 N–H and O–H groups in total. The number of hydrogen-bond acceptors (Lipinski definition) is 2. The minimum absolute atomic E-state index is 0.454. The number of carboxylic acid groups (broad SMARTS) is 1. The summed E-state index contributed by atoms with van der Waals surface area (Å²) in [5.41, 5.74) is 0.586. The first-order chi connectivity index (χ1) is 8.11. The summed E-state index contributed by atoms with van der Waals surface area (Å²) in [6.45, 7) is 0.538. The molecule has 1 saturated heterocycles. The fraction of sp³-hybridized carbons (Fsp3) is 0.417. The summed E-state index contributed by atoms with van der Waals surface area (Å²) >= 11 is 12.2. The van der Waals surface area contributed by atoms with Crippen molar-refractivity contribution in [3.8, 4) is 0 Å². The van der Waals surface area contributed by atoms with Crippen LogP contribution >= 0.6 is 23.2 Å². The fourth-order valence-electron chi connectivity index (χ4n) is 2.10. The van der Waals surface area contributed by atoms with Gasteiger partial charge in [-0.15, -0.1) is 0 Å². The molecule has 1 fully saturated rings. The highest BCUT2D eigenvalue weighted by Gasteiger charge is 2.35. The lowest BCUT2D eigenvalue weighted by Gasteiger charge is -2.30. The molecule has 2 rings (SSSR count). The van der Waals surface area contributed by atoms with E-state index in [0.29, 0.717) is 28.6 Å². The lowest BCUT2D eigenvalue weighted by atomic mass is 9.89. The molecular weight excluding hydrogens is 263 g/mol. The molecule has 0 aromatic heterocycles. The van der Waals surface area contributed by atoms with Gasteiger partial charge in [0.05, 0.1) is 12.0 Å². The van der Waals surface area contributed by atoms with Crippen LogP contribution < -0.4 is 0 Å². The number of rotatable bonds is 2. The van der Waals surface area contributed by atoms with Gasteiger partial charge in [0, 0.05) is 22.2 Å². The van der Waals surface area contributed by atoms with Crippen LogP contribution in [0.3, 0.4) is 0 Å². The molecule has 1 aromatic rings. The maximum Gasteiger partial charge on any atom is 0.309 e. The Hall–Kier alpha value is -0.770. The maximum absolute atomic E-state index is 11.2. The Bertz CT molecular complexity index is 414. The van der Waals surface area contributed by atoms with Crippen molar-refractivity contribution in [1.29, 1.82) is 0 Å². The van der Waals surface area contributed by atoms with Gasteiger partial charge in [0.25, 0.3) is 0 Å². The second-order valence-corrected chi connectivity index (χ2v) is 4.83. The molecule has 0 bridgehead atoms. The van der Waals surface area contributed by atoms with Crippen LogP contribution in [-0.2, 0) is 9.53 Å². The van der Waals surface area contributed by atoms with Crippen LogP contribution in [0.2, 0.25) is 10.0 Å². The summed E-state index contributed by atoms with van der Waals surface area (Å²) in [5.74, 6) is -1.45. The smallest absolute Gasteiger partial charge is 0.309 e. The molecule has 1 aliphatic heterocycles. The Morgan fingerprint density at radius 2 is 2.00 bits per heavy atom. The highest BCUT2D eigenvalue weighted by molar-refractivity contribution is 6.36. The number of aliphatic carboxylic acids is 1. The Morgan fingerprint density at radius 1 is 1.35 bits per heavy atom. The third-order valence-corrected chi connectivity index (χ3v) is 3.58. The quantitative estimate of drug-likeness (QED) is 0.897. The molecule has 5 heteroatoms. The monoisotopic (exact) mass is 274 g/mol. The van der Waals surface area contributed by atoms with Crippen molar-refractivity contribution in [2.24, 2.45) is 5.92 Å². The van der Waals surface area contributed by atoms with E-state index in [1.165, 1.54) is 0 Å². The Labute approximate surface area is 109 Å². The largest absolute Gasteiger partial charge is 0.481 e. The molecule has 3 nitrogen and oxygen atoms in total. The normalized spacial score (nSPS) is 24.6. The van der Waals surface area contributed by atoms with Gasteiger partial charge >= 0.3 is 5.97 Å². The van der Waals surface area contributed by atoms with E-state index in [2.05, 4.69) is 0 Å². The Kier molecular flexibility index (Phi) is 3.92. The third kappa shape index (κ3) is 2.57. The molecule has 0 amide bonds. The Morgan fingerprint density at radius 3 is 2.59 bits per heavy atom. The number of hydrogen-bond donors (Lipinski definition) is 1. The van der Waals surface area contributed by atoms with Crippen LogP contribution in [0.25, 0.3) is 0 Å². The predicted octanol–water partition coefficient (Wildman–Crippen LogP) is 3.55. The summed E-state index contributed by atoms with van der Waals surface area (Å²) < 4.78 is 5.55. The van der Waals surface area contributed by atoms with Gasteiger partial charge in [0.1, 0.15) is 0 Å². The van der Waals surface area contributed by atoms with Gasteiger partial charge in [-0.25, -0.2) is 0 Å². The number of carbonyl (C=O) groups is 1. The second kappa shape index (κ2) is 5.25. The molecule has 17 heavy (non-hydrogen) atoms. The van der Waals surface area contributed by atoms with Crippen molar-refractivity contribution < 1.29 is 14.6 Å². The van der Waals surface area contributed by atoms with Gasteiger partial charge in [0.2, 0.25) is 0 Å². The van der Waals surface area contributed by atoms with Gasteiger partial charge in [0.15, 0.2) is 0 Å². The zero-order valence-corrected chi connectivity index (χ0v) is 10.5. The van der Waals surface area contributed by atoms with Crippen LogP contribution in [0.5, 0.6) is 0 Å². The van der Waals surface area contributed by atoms with Crippen molar-refractivity contribution in [2.45, 2.75) is 18.9 Å². The van der Waals surface area contributed by atoms with Gasteiger partial charge < -0.3 is 9.84 Å². The lowest BCUT2D eigenvalue weighted by Crippen LogP contribution is -2.29. The van der Waals surface area contributed by atoms with Gasteiger partial charge in [-0.3, -0.25) is 4.79 Å². The molecule has 2 atom stereocenters. The molecule has 92 valence electrons. The highest BCUT2D eigenvalue weighted by atomic mass is 35.5. The summed E-state index contributed by atoms with van der Waals surface area (Å²) in [6.07, 6.45) is 0.777. The minimum atomic E-state index is -0.870. The Balaban J connectivity index is 2.39. The standard InChI is InChI=1S/C12H12Cl2O3/c13-8-4-1-5-9(14)10(8)11-7(12(15)16)3-2-6-17-11/h1,4-5,7,11H,2-3,6H2,(H,15,16). The zero-order chi connectivity index (χ0) is 12.4. The molecule has 1 aromatic carbocycles. The first-order valence-corrected chi connectivity index (χ1v) is 6.15. The van der Waals surface area contributed by atoms with E-state index in [4.69, 9.17) is 27.9 Å². The number of halogens is 2. The molecule has 1 heterocycles. The molecule has 2 unspecified atom stereocenters.